The normalized spacial score (nSPS) is 21.4. The van der Waals surface area contributed by atoms with Crippen LogP contribution in [-0.4, -0.2) is 95.8 Å². The van der Waals surface area contributed by atoms with E-state index in [4.69, 9.17) is 20.2 Å². The van der Waals surface area contributed by atoms with Crippen LogP contribution in [0.15, 0.2) is 24.3 Å². The van der Waals surface area contributed by atoms with Gasteiger partial charge >= 0.3 is 0 Å². The molecule has 0 saturated carbocycles. The maximum Gasteiger partial charge on any atom is 0.222 e. The van der Waals surface area contributed by atoms with Crippen molar-refractivity contribution >= 4 is 39.4 Å². The number of hydrogen-bond acceptors (Lipinski definition) is 9. The predicted molar refractivity (Wildman–Crippen MR) is 255 cm³/mol. The van der Waals surface area contributed by atoms with Crippen molar-refractivity contribution in [3.8, 4) is 0 Å². The smallest absolute Gasteiger partial charge is 0.222 e. The number of hydrogen-bond donors (Lipinski definition) is 3. The first-order valence-electron chi connectivity index (χ1n) is 25.2. The van der Waals surface area contributed by atoms with Crippen LogP contribution >= 0.6 is 0 Å². The number of pyridine rings is 1. The summed E-state index contributed by atoms with van der Waals surface area (Å²) in [6.07, 6.45) is 21.1. The van der Waals surface area contributed by atoms with E-state index in [2.05, 4.69) is 71.8 Å². The van der Waals surface area contributed by atoms with Gasteiger partial charge in [0.15, 0.2) is 11.6 Å². The van der Waals surface area contributed by atoms with Gasteiger partial charge in [-0.25, -0.2) is 9.97 Å². The zero-order valence-corrected chi connectivity index (χ0v) is 39.6. The Bertz CT molecular complexity index is 1770. The highest BCUT2D eigenvalue weighted by molar-refractivity contribution is 6.06. The van der Waals surface area contributed by atoms with Gasteiger partial charge in [0.25, 0.3) is 0 Å². The molecule has 62 heavy (non-hydrogen) atoms. The highest BCUT2D eigenvalue weighted by atomic mass is 16.5. The highest BCUT2D eigenvalue weighted by Gasteiger charge is 2.39. The monoisotopic (exact) mass is 860 g/mol. The number of para-hydroxylation sites is 1. The summed E-state index contributed by atoms with van der Waals surface area (Å²) < 4.78 is 14.1. The summed E-state index contributed by atoms with van der Waals surface area (Å²) in [6.45, 7) is 18.2. The van der Waals surface area contributed by atoms with Crippen LogP contribution in [0.2, 0.25) is 0 Å². The summed E-state index contributed by atoms with van der Waals surface area (Å²) in [7, 11) is 0. The number of imidazole rings is 1. The second-order valence-electron chi connectivity index (χ2n) is 18.9. The fourth-order valence-corrected chi connectivity index (χ4v) is 10.0. The molecule has 4 heterocycles. The average Bonchev–Trinajstić information content (AvgIpc) is 3.65. The second kappa shape index (κ2) is 26.6. The van der Waals surface area contributed by atoms with Crippen LogP contribution in [0.4, 0.5) is 5.82 Å². The molecule has 2 saturated heterocycles. The van der Waals surface area contributed by atoms with Gasteiger partial charge in [-0.05, 0) is 109 Å². The van der Waals surface area contributed by atoms with Crippen LogP contribution < -0.4 is 16.4 Å². The van der Waals surface area contributed by atoms with Crippen molar-refractivity contribution in [3.05, 3.63) is 30.1 Å². The van der Waals surface area contributed by atoms with E-state index in [0.717, 1.165) is 125 Å². The van der Waals surface area contributed by atoms with E-state index in [9.17, 15) is 9.59 Å². The first-order chi connectivity index (χ1) is 30.2. The largest absolute Gasteiger partial charge is 0.382 e. The van der Waals surface area contributed by atoms with Crippen LogP contribution in [0.3, 0.4) is 0 Å². The summed E-state index contributed by atoms with van der Waals surface area (Å²) in [4.78, 5) is 39.0. The molecule has 4 N–H and O–H groups in total. The van der Waals surface area contributed by atoms with Gasteiger partial charge in [-0.15, -0.1) is 0 Å². The number of amides is 1. The number of Topliss-reactive ketones (excluding diaryl/α,β-unsaturated/α-hetero) is 1. The Morgan fingerprint density at radius 2 is 1.61 bits per heavy atom. The van der Waals surface area contributed by atoms with E-state index in [1.807, 2.05) is 12.1 Å². The Hall–Kier alpha value is -3.12. The zero-order chi connectivity index (χ0) is 44.2. The maximum absolute atomic E-state index is 14.2. The van der Waals surface area contributed by atoms with Gasteiger partial charge in [-0.2, -0.15) is 0 Å². The third-order valence-corrected chi connectivity index (χ3v) is 14.5. The third kappa shape index (κ3) is 14.7. The van der Waals surface area contributed by atoms with Crippen molar-refractivity contribution in [2.75, 3.05) is 58.3 Å². The molecule has 2 aliphatic rings. The minimum absolute atomic E-state index is 0.0195. The molecule has 5 rings (SSSR count). The van der Waals surface area contributed by atoms with Crippen LogP contribution in [0, 0.1) is 17.3 Å². The Morgan fingerprint density at radius 3 is 2.37 bits per heavy atom. The van der Waals surface area contributed by atoms with Crippen molar-refractivity contribution in [2.45, 2.75) is 182 Å². The third-order valence-electron chi connectivity index (χ3n) is 14.5. The van der Waals surface area contributed by atoms with Crippen molar-refractivity contribution < 1.29 is 19.1 Å². The maximum atomic E-state index is 14.2. The van der Waals surface area contributed by atoms with E-state index in [1.54, 1.807) is 0 Å². The summed E-state index contributed by atoms with van der Waals surface area (Å²) in [5.74, 6) is 3.26. The van der Waals surface area contributed by atoms with Gasteiger partial charge in [0, 0.05) is 55.9 Å². The molecule has 348 valence electrons. The van der Waals surface area contributed by atoms with Gasteiger partial charge in [-0.1, -0.05) is 90.8 Å². The van der Waals surface area contributed by atoms with Crippen molar-refractivity contribution in [1.29, 1.82) is 0 Å². The van der Waals surface area contributed by atoms with Crippen LogP contribution in [0.5, 0.6) is 0 Å². The summed E-state index contributed by atoms with van der Waals surface area (Å²) in [5, 5.41) is 8.02. The number of unbranched alkanes of at least 4 members (excludes halogenated alkanes) is 2. The van der Waals surface area contributed by atoms with E-state index in [1.165, 1.54) is 51.4 Å². The molecule has 0 aliphatic carbocycles. The molecule has 3 aromatic rings. The molecule has 1 amide bonds. The molecule has 2 fully saturated rings. The molecule has 0 spiro atoms. The lowest BCUT2D eigenvalue weighted by molar-refractivity contribution is -0.132. The highest BCUT2D eigenvalue weighted by Crippen LogP contribution is 2.37. The quantitative estimate of drug-likeness (QED) is 0.0844. The molecule has 0 bridgehead atoms. The molecular formula is C51H85N7O4. The number of piperidine rings is 1. The summed E-state index contributed by atoms with van der Waals surface area (Å²) in [6, 6.07) is 8.49. The Balaban J connectivity index is 0.920. The lowest BCUT2D eigenvalue weighted by Crippen LogP contribution is -2.50. The number of benzene rings is 1. The number of nitrogens with zero attached hydrogens (tertiary/aromatic N) is 4. The lowest BCUT2D eigenvalue weighted by Gasteiger charge is -2.36. The number of rotatable bonds is 22. The van der Waals surface area contributed by atoms with Gasteiger partial charge in [0.2, 0.25) is 5.91 Å². The first-order valence-corrected chi connectivity index (χ1v) is 25.2. The van der Waals surface area contributed by atoms with Crippen molar-refractivity contribution in [3.63, 3.8) is 0 Å². The predicted octanol–water partition coefficient (Wildman–Crippen LogP) is 9.81. The molecule has 2 aromatic heterocycles. The SMILES string of the molecule is CCCCc1nc2c(N)nc3ccccc3c2n1CC1CCN(CCCOCCOCCC(=O)NCCCCC2NC(C)C(C)CCCCCCCCC(CC)(CC)C2=O)CC1. The Morgan fingerprint density at radius 1 is 0.887 bits per heavy atom. The number of anilines is 1. The molecule has 2 aliphatic heterocycles. The number of fused-ring (bicyclic) bond motifs is 3. The summed E-state index contributed by atoms with van der Waals surface area (Å²) >= 11 is 0. The Kier molecular flexibility index (Phi) is 21.4. The average molecular weight is 860 g/mol. The second-order valence-corrected chi connectivity index (χ2v) is 18.9. The van der Waals surface area contributed by atoms with Gasteiger partial charge in [0.05, 0.1) is 36.9 Å². The number of nitrogens with two attached hydrogens (primary N) is 1. The molecule has 3 atom stereocenters. The van der Waals surface area contributed by atoms with Crippen LogP contribution in [-0.2, 0) is 32.0 Å². The molecule has 0 radical (unpaired) electrons. The van der Waals surface area contributed by atoms with Crippen LogP contribution in [0.25, 0.3) is 21.9 Å². The standard InChI is InChI=1S/C51H85N7O4/c1-6-9-25-45-56-47-48(42-22-15-16-23-43(42)55-50(47)52)58(45)38-41-26-32-57(33-27-41)31-20-34-61-36-37-62-35-28-46(59)53-30-19-17-24-44-49(60)51(7-2,8-3)29-18-13-11-10-12-14-21-39(4)40(5)54-44/h15-16,22-23,39-41,44,54H,6-14,17-21,24-38H2,1-5H3,(H2,52,55)(H,53,59). The van der Waals surface area contributed by atoms with E-state index < -0.39 is 0 Å². The zero-order valence-electron chi connectivity index (χ0n) is 39.6. The lowest BCUT2D eigenvalue weighted by atomic mass is 9.71. The number of ether oxygens (including phenoxy) is 2. The van der Waals surface area contributed by atoms with E-state index in [-0.39, 0.29) is 17.4 Å². The topological polar surface area (TPSA) is 137 Å². The van der Waals surface area contributed by atoms with Crippen LogP contribution in [0.1, 0.15) is 162 Å². The molecule has 11 heteroatoms. The number of nitrogens with one attached hydrogen (secondary N) is 2. The first kappa shape index (κ1) is 49.9. The molecule has 1 aromatic carbocycles. The molecule has 11 nitrogen and oxygen atoms in total. The number of nitrogen functional groups attached to an aromatic ring is 1. The van der Waals surface area contributed by atoms with Gasteiger partial charge in [0.1, 0.15) is 11.3 Å². The van der Waals surface area contributed by atoms with Crippen molar-refractivity contribution in [2.24, 2.45) is 17.3 Å². The molecule has 3 unspecified atom stereocenters. The minimum atomic E-state index is -0.230. The minimum Gasteiger partial charge on any atom is -0.382 e. The summed E-state index contributed by atoms with van der Waals surface area (Å²) in [5.41, 5.74) is 9.13. The molecular weight excluding hydrogens is 775 g/mol. The number of aryl methyl sites for hydroxylation is 1. The fraction of sp³-hybridized carbons (Fsp3) is 0.765. The number of carbonyl (C=O) groups is 2. The number of carbonyl (C=O) groups excluding carboxylic acids is 2. The fourth-order valence-electron chi connectivity index (χ4n) is 10.0. The van der Waals surface area contributed by atoms with E-state index >= 15 is 0 Å². The van der Waals surface area contributed by atoms with Crippen molar-refractivity contribution in [1.82, 2.24) is 30.1 Å². The van der Waals surface area contributed by atoms with Gasteiger partial charge < -0.3 is 35.3 Å². The van der Waals surface area contributed by atoms with Gasteiger partial charge in [-0.3, -0.25) is 9.59 Å². The number of aromatic nitrogens is 3. The Labute approximate surface area is 374 Å². The number of likely N-dealkylation sites (tertiary alicyclic amines) is 1. The number of ketones is 1. The van der Waals surface area contributed by atoms with E-state index in [0.29, 0.717) is 68.9 Å².